The first-order valence-electron chi connectivity index (χ1n) is 2.81. The molecule has 0 rings (SSSR count). The topological polar surface area (TPSA) is 69.4 Å². The zero-order chi connectivity index (χ0) is 8.69. The molecule has 0 aromatic heterocycles. The molecule has 0 aromatic rings. The van der Waals surface area contributed by atoms with Gasteiger partial charge in [-0.3, -0.25) is 14.9 Å². The average molecular weight is 157 g/mol. The predicted molar refractivity (Wildman–Crippen MR) is 36.3 cm³/mol. The summed E-state index contributed by atoms with van der Waals surface area (Å²) in [6.45, 7) is -0.434. The minimum Gasteiger partial charge on any atom is -0.468 e. The van der Waals surface area contributed by atoms with Gasteiger partial charge < -0.3 is 4.74 Å². The van der Waals surface area contributed by atoms with E-state index < -0.39 is 17.4 Å². The van der Waals surface area contributed by atoms with Crippen molar-refractivity contribution in [2.75, 3.05) is 13.7 Å². The van der Waals surface area contributed by atoms with Crippen LogP contribution in [0.15, 0.2) is 0 Å². The molecule has 11 heavy (non-hydrogen) atoms. The van der Waals surface area contributed by atoms with E-state index in [1.165, 1.54) is 7.11 Å². The molecular formula is C6H7NO4. The van der Waals surface area contributed by atoms with Crippen LogP contribution in [-0.2, 0) is 9.53 Å². The van der Waals surface area contributed by atoms with Gasteiger partial charge in [0, 0.05) is 4.92 Å². The second-order valence-corrected chi connectivity index (χ2v) is 1.60. The van der Waals surface area contributed by atoms with Gasteiger partial charge in [-0.25, -0.2) is 0 Å². The molecule has 0 aliphatic carbocycles. The normalized spacial score (nSPS) is 7.73. The van der Waals surface area contributed by atoms with E-state index in [2.05, 4.69) is 16.6 Å². The fraction of sp³-hybridized carbons (Fsp3) is 0.500. The smallest absolute Gasteiger partial charge is 0.317 e. The molecule has 0 amide bonds. The van der Waals surface area contributed by atoms with E-state index in [-0.39, 0.29) is 6.42 Å². The zero-order valence-electron chi connectivity index (χ0n) is 5.99. The van der Waals surface area contributed by atoms with Crippen molar-refractivity contribution in [3.05, 3.63) is 10.1 Å². The highest BCUT2D eigenvalue weighted by molar-refractivity contribution is 5.72. The van der Waals surface area contributed by atoms with Crippen LogP contribution < -0.4 is 0 Å². The van der Waals surface area contributed by atoms with E-state index in [1.54, 1.807) is 0 Å². The Bertz CT molecular complexity index is 212. The summed E-state index contributed by atoms with van der Waals surface area (Å²) in [5.74, 6) is 4.02. The Kier molecular flexibility index (Phi) is 4.49. The molecular weight excluding hydrogens is 150 g/mol. The third-order valence-electron chi connectivity index (χ3n) is 0.794. The van der Waals surface area contributed by atoms with Crippen LogP contribution >= 0.6 is 0 Å². The van der Waals surface area contributed by atoms with E-state index in [9.17, 15) is 14.9 Å². The van der Waals surface area contributed by atoms with Crippen molar-refractivity contribution in [2.24, 2.45) is 0 Å². The molecule has 0 N–H and O–H groups in total. The van der Waals surface area contributed by atoms with Crippen LogP contribution in [0, 0.1) is 22.0 Å². The fourth-order valence-corrected chi connectivity index (χ4v) is 0.327. The number of carbonyl (C=O) groups is 1. The molecule has 0 heterocycles. The molecule has 0 aliphatic heterocycles. The third-order valence-corrected chi connectivity index (χ3v) is 0.794. The van der Waals surface area contributed by atoms with Crippen molar-refractivity contribution in [1.29, 1.82) is 0 Å². The number of methoxy groups -OCH3 is 1. The summed E-state index contributed by atoms with van der Waals surface area (Å²) in [7, 11) is 1.23. The summed E-state index contributed by atoms with van der Waals surface area (Å²) in [5, 5.41) is 9.70. The Morgan fingerprint density at radius 2 is 2.27 bits per heavy atom. The molecule has 0 aliphatic rings. The number of hydrogen-bond acceptors (Lipinski definition) is 4. The highest BCUT2D eigenvalue weighted by atomic mass is 16.6. The predicted octanol–water partition coefficient (Wildman–Crippen LogP) is -0.170. The van der Waals surface area contributed by atoms with E-state index in [0.717, 1.165) is 0 Å². The summed E-state index contributed by atoms with van der Waals surface area (Å²) >= 11 is 0. The lowest BCUT2D eigenvalue weighted by Crippen LogP contribution is -1.99. The molecule has 0 saturated carbocycles. The second-order valence-electron chi connectivity index (χ2n) is 1.60. The maximum absolute atomic E-state index is 10.4. The Balaban J connectivity index is 3.56. The van der Waals surface area contributed by atoms with Gasteiger partial charge in [-0.15, -0.1) is 0 Å². The number of rotatable bonds is 2. The summed E-state index contributed by atoms with van der Waals surface area (Å²) in [5.41, 5.74) is 0. The molecule has 0 fully saturated rings. The van der Waals surface area contributed by atoms with E-state index in [1.807, 2.05) is 0 Å². The van der Waals surface area contributed by atoms with Gasteiger partial charge in [-0.1, -0.05) is 5.92 Å². The molecule has 0 spiro atoms. The molecule has 5 heteroatoms. The zero-order valence-corrected chi connectivity index (χ0v) is 5.99. The van der Waals surface area contributed by atoms with Crippen molar-refractivity contribution in [3.63, 3.8) is 0 Å². The molecule has 0 unspecified atom stereocenters. The Labute approximate surface area is 63.5 Å². The standard InChI is InChI=1S/C6H7NO4/c1-11-6(8)4-2-3-5-7(9)10/h4-5H2,1H3. The van der Waals surface area contributed by atoms with Crippen LogP contribution in [0.1, 0.15) is 6.42 Å². The molecule has 0 saturated heterocycles. The first kappa shape index (κ1) is 9.43. The third kappa shape index (κ3) is 6.31. The monoisotopic (exact) mass is 157 g/mol. The van der Waals surface area contributed by atoms with E-state index in [4.69, 9.17) is 0 Å². The highest BCUT2D eigenvalue weighted by Crippen LogP contribution is 1.79. The minimum atomic E-state index is -0.565. The number of ether oxygens (including phenoxy) is 1. The SMILES string of the molecule is COC(=O)CC#CC[N+](=O)[O-]. The largest absolute Gasteiger partial charge is 0.468 e. The number of carbonyl (C=O) groups excluding carboxylic acids is 1. The Hall–Kier alpha value is -1.57. The Morgan fingerprint density at radius 1 is 1.64 bits per heavy atom. The Morgan fingerprint density at radius 3 is 2.73 bits per heavy atom. The lowest BCUT2D eigenvalue weighted by atomic mass is 10.4. The fourth-order valence-electron chi connectivity index (χ4n) is 0.327. The number of hydrogen-bond donors (Lipinski definition) is 0. The summed E-state index contributed by atoms with van der Waals surface area (Å²) in [4.78, 5) is 19.5. The van der Waals surface area contributed by atoms with Gasteiger partial charge in [-0.2, -0.15) is 0 Å². The van der Waals surface area contributed by atoms with Crippen molar-refractivity contribution < 1.29 is 14.5 Å². The van der Waals surface area contributed by atoms with Gasteiger partial charge in [0.05, 0.1) is 7.11 Å². The summed E-state index contributed by atoms with van der Waals surface area (Å²) < 4.78 is 4.25. The second kappa shape index (κ2) is 5.23. The van der Waals surface area contributed by atoms with Crippen LogP contribution in [-0.4, -0.2) is 24.5 Å². The van der Waals surface area contributed by atoms with Crippen LogP contribution in [0.2, 0.25) is 0 Å². The van der Waals surface area contributed by atoms with Crippen molar-refractivity contribution in [2.45, 2.75) is 6.42 Å². The first-order valence-corrected chi connectivity index (χ1v) is 2.81. The molecule has 5 nitrogen and oxygen atoms in total. The van der Waals surface area contributed by atoms with Gasteiger partial charge in [0.2, 0.25) is 0 Å². The maximum atomic E-state index is 10.4. The quantitative estimate of drug-likeness (QED) is 0.241. The summed E-state index contributed by atoms with van der Waals surface area (Å²) in [6.07, 6.45) is -0.0929. The first-order chi connectivity index (χ1) is 5.16. The highest BCUT2D eigenvalue weighted by Gasteiger charge is 1.93. The number of esters is 1. The molecule has 0 radical (unpaired) electrons. The maximum Gasteiger partial charge on any atom is 0.317 e. The molecule has 0 atom stereocenters. The van der Waals surface area contributed by atoms with Crippen molar-refractivity contribution >= 4 is 5.97 Å². The average Bonchev–Trinajstić information content (AvgIpc) is 1.97. The van der Waals surface area contributed by atoms with Gasteiger partial charge in [0.1, 0.15) is 6.42 Å². The van der Waals surface area contributed by atoms with Gasteiger partial charge >= 0.3 is 5.97 Å². The number of nitrogens with zero attached hydrogens (tertiary/aromatic N) is 1. The van der Waals surface area contributed by atoms with Gasteiger partial charge in [-0.05, 0) is 5.92 Å². The van der Waals surface area contributed by atoms with Gasteiger partial charge in [0.15, 0.2) is 0 Å². The van der Waals surface area contributed by atoms with Crippen LogP contribution in [0.25, 0.3) is 0 Å². The van der Waals surface area contributed by atoms with E-state index in [0.29, 0.717) is 0 Å². The molecule has 0 aromatic carbocycles. The minimum absolute atomic E-state index is 0.0929. The summed E-state index contributed by atoms with van der Waals surface area (Å²) in [6, 6.07) is 0. The van der Waals surface area contributed by atoms with Crippen LogP contribution in [0.5, 0.6) is 0 Å². The van der Waals surface area contributed by atoms with E-state index >= 15 is 0 Å². The van der Waals surface area contributed by atoms with Crippen molar-refractivity contribution in [3.8, 4) is 11.8 Å². The van der Waals surface area contributed by atoms with Crippen LogP contribution in [0.4, 0.5) is 0 Å². The molecule has 0 bridgehead atoms. The van der Waals surface area contributed by atoms with Crippen LogP contribution in [0.3, 0.4) is 0 Å². The van der Waals surface area contributed by atoms with Gasteiger partial charge in [0.25, 0.3) is 6.54 Å². The lowest BCUT2D eigenvalue weighted by molar-refractivity contribution is -0.466. The molecule has 60 valence electrons. The number of nitro groups is 1. The lowest BCUT2D eigenvalue weighted by Gasteiger charge is -1.88. The van der Waals surface area contributed by atoms with Crippen molar-refractivity contribution in [1.82, 2.24) is 0 Å².